The van der Waals surface area contributed by atoms with Crippen LogP contribution >= 0.6 is 0 Å². The zero-order valence-electron chi connectivity index (χ0n) is 16.1. The molecule has 6 nitrogen and oxygen atoms in total. The Morgan fingerprint density at radius 2 is 2.16 bits per heavy atom. The first kappa shape index (κ1) is 18.2. The summed E-state index contributed by atoms with van der Waals surface area (Å²) in [7, 11) is 1.99. The molecule has 0 aromatic carbocycles. The molecule has 0 amide bonds. The minimum absolute atomic E-state index is 0.569. The molecule has 0 saturated carbocycles. The minimum atomic E-state index is 0.569. The van der Waals surface area contributed by atoms with Crippen molar-refractivity contribution < 1.29 is 0 Å². The number of nitrogens with one attached hydrogen (secondary N) is 1. The van der Waals surface area contributed by atoms with Crippen molar-refractivity contribution in [3.8, 4) is 0 Å². The predicted octanol–water partition coefficient (Wildman–Crippen LogP) is 1.91. The Bertz CT molecular complexity index is 560. The summed E-state index contributed by atoms with van der Waals surface area (Å²) in [4.78, 5) is 9.96. The van der Waals surface area contributed by atoms with Gasteiger partial charge in [-0.25, -0.2) is 0 Å². The van der Waals surface area contributed by atoms with E-state index in [4.69, 9.17) is 4.99 Å². The number of aliphatic imine (C=N–C) groups is 1. The lowest BCUT2D eigenvalue weighted by Crippen LogP contribution is -2.40. The molecule has 3 heterocycles. The van der Waals surface area contributed by atoms with Crippen LogP contribution in [-0.2, 0) is 7.05 Å². The second-order valence-corrected chi connectivity index (χ2v) is 7.69. The molecule has 6 heteroatoms. The van der Waals surface area contributed by atoms with Crippen molar-refractivity contribution in [3.05, 3.63) is 18.0 Å². The molecule has 2 saturated heterocycles. The molecule has 2 fully saturated rings. The third-order valence-electron chi connectivity index (χ3n) is 5.34. The topological polar surface area (TPSA) is 48.7 Å². The minimum Gasteiger partial charge on any atom is -0.357 e. The number of nitrogens with zero attached hydrogens (tertiary/aromatic N) is 5. The van der Waals surface area contributed by atoms with Gasteiger partial charge in [-0.05, 0) is 50.8 Å². The van der Waals surface area contributed by atoms with Crippen molar-refractivity contribution in [2.75, 3.05) is 45.8 Å². The molecule has 2 aliphatic rings. The van der Waals surface area contributed by atoms with Crippen LogP contribution in [0.4, 0.5) is 0 Å². The van der Waals surface area contributed by atoms with E-state index in [9.17, 15) is 0 Å². The highest BCUT2D eigenvalue weighted by molar-refractivity contribution is 5.80. The van der Waals surface area contributed by atoms with Crippen LogP contribution in [0.3, 0.4) is 0 Å². The Morgan fingerprint density at radius 1 is 1.36 bits per heavy atom. The van der Waals surface area contributed by atoms with Gasteiger partial charge >= 0.3 is 0 Å². The van der Waals surface area contributed by atoms with E-state index in [0.29, 0.717) is 11.8 Å². The van der Waals surface area contributed by atoms with Crippen molar-refractivity contribution in [2.45, 2.75) is 39.0 Å². The molecular formula is C19H34N6. The zero-order chi connectivity index (χ0) is 17.6. The molecule has 1 aromatic heterocycles. The van der Waals surface area contributed by atoms with Gasteiger partial charge in [0.05, 0.1) is 6.20 Å². The van der Waals surface area contributed by atoms with Gasteiger partial charge in [0.1, 0.15) is 0 Å². The fourth-order valence-electron chi connectivity index (χ4n) is 4.01. The molecule has 25 heavy (non-hydrogen) atoms. The third-order valence-corrected chi connectivity index (χ3v) is 5.34. The fourth-order valence-corrected chi connectivity index (χ4v) is 4.01. The van der Waals surface area contributed by atoms with E-state index in [0.717, 1.165) is 32.1 Å². The number of aromatic nitrogens is 2. The van der Waals surface area contributed by atoms with Crippen molar-refractivity contribution in [3.63, 3.8) is 0 Å². The summed E-state index contributed by atoms with van der Waals surface area (Å²) in [6.07, 6.45) is 8.07. The standard InChI is InChI=1S/C19H34N6/c1-4-20-19(21-11-16(2)13-24-8-5-6-9-24)25-10-7-17(15-25)18-12-22-23(3)14-18/h12,14,16-17H,4-11,13,15H2,1-3H3,(H,20,21). The molecule has 2 atom stereocenters. The van der Waals surface area contributed by atoms with Crippen LogP contribution in [0.1, 0.15) is 44.6 Å². The predicted molar refractivity (Wildman–Crippen MR) is 103 cm³/mol. The first-order valence-corrected chi connectivity index (χ1v) is 9.90. The third kappa shape index (κ3) is 4.97. The lowest BCUT2D eigenvalue weighted by molar-refractivity contribution is 0.291. The normalized spacial score (nSPS) is 23.4. The van der Waals surface area contributed by atoms with Gasteiger partial charge in [0.25, 0.3) is 0 Å². The molecule has 1 aromatic rings. The van der Waals surface area contributed by atoms with Gasteiger partial charge in [-0.2, -0.15) is 5.10 Å². The van der Waals surface area contributed by atoms with Gasteiger partial charge < -0.3 is 15.1 Å². The average Bonchev–Trinajstić information content (AvgIpc) is 3.32. The first-order valence-electron chi connectivity index (χ1n) is 9.90. The Hall–Kier alpha value is -1.56. The zero-order valence-corrected chi connectivity index (χ0v) is 16.1. The van der Waals surface area contributed by atoms with Gasteiger partial charge in [0.2, 0.25) is 0 Å². The van der Waals surface area contributed by atoms with Crippen LogP contribution < -0.4 is 5.32 Å². The van der Waals surface area contributed by atoms with Crippen molar-refractivity contribution in [1.29, 1.82) is 0 Å². The summed E-state index contributed by atoms with van der Waals surface area (Å²) < 4.78 is 1.90. The molecule has 1 N–H and O–H groups in total. The summed E-state index contributed by atoms with van der Waals surface area (Å²) in [6.45, 7) is 12.1. The monoisotopic (exact) mass is 346 g/mol. The molecule has 3 rings (SSSR count). The molecule has 0 spiro atoms. The van der Waals surface area contributed by atoms with E-state index < -0.39 is 0 Å². The van der Waals surface area contributed by atoms with Gasteiger partial charge in [0, 0.05) is 51.9 Å². The Balaban J connectivity index is 1.54. The second-order valence-electron chi connectivity index (χ2n) is 7.69. The van der Waals surface area contributed by atoms with E-state index >= 15 is 0 Å². The van der Waals surface area contributed by atoms with E-state index in [1.54, 1.807) is 0 Å². The largest absolute Gasteiger partial charge is 0.357 e. The van der Waals surface area contributed by atoms with Gasteiger partial charge in [-0.1, -0.05) is 6.92 Å². The van der Waals surface area contributed by atoms with Crippen LogP contribution in [0.15, 0.2) is 17.4 Å². The van der Waals surface area contributed by atoms with Crippen LogP contribution in [0.5, 0.6) is 0 Å². The van der Waals surface area contributed by atoms with Gasteiger partial charge in [0.15, 0.2) is 5.96 Å². The second kappa shape index (κ2) is 8.70. The molecule has 0 radical (unpaired) electrons. The average molecular weight is 347 g/mol. The quantitative estimate of drug-likeness (QED) is 0.631. The lowest BCUT2D eigenvalue weighted by Gasteiger charge is -2.23. The molecule has 0 bridgehead atoms. The number of guanidine groups is 1. The summed E-state index contributed by atoms with van der Waals surface area (Å²) in [5, 5.41) is 7.82. The molecule has 2 aliphatic heterocycles. The number of hydrogen-bond acceptors (Lipinski definition) is 3. The highest BCUT2D eigenvalue weighted by atomic mass is 15.3. The highest BCUT2D eigenvalue weighted by Crippen LogP contribution is 2.26. The SMILES string of the molecule is CCNC(=NCC(C)CN1CCCC1)N1CCC(c2cnn(C)c2)C1. The molecule has 0 aliphatic carbocycles. The maximum Gasteiger partial charge on any atom is 0.193 e. The fraction of sp³-hybridized carbons (Fsp3) is 0.789. The van der Waals surface area contributed by atoms with Crippen LogP contribution in [0, 0.1) is 5.92 Å². The maximum absolute atomic E-state index is 4.95. The summed E-state index contributed by atoms with van der Waals surface area (Å²) >= 11 is 0. The van der Waals surface area contributed by atoms with Gasteiger partial charge in [-0.15, -0.1) is 0 Å². The smallest absolute Gasteiger partial charge is 0.193 e. The molecular weight excluding hydrogens is 312 g/mol. The van der Waals surface area contributed by atoms with Crippen molar-refractivity contribution in [1.82, 2.24) is 24.9 Å². The number of likely N-dealkylation sites (tertiary alicyclic amines) is 2. The maximum atomic E-state index is 4.95. The van der Waals surface area contributed by atoms with Gasteiger partial charge in [-0.3, -0.25) is 9.67 Å². The van der Waals surface area contributed by atoms with Crippen molar-refractivity contribution in [2.24, 2.45) is 18.0 Å². The van der Waals surface area contributed by atoms with E-state index in [2.05, 4.69) is 40.3 Å². The van der Waals surface area contributed by atoms with E-state index in [1.807, 2.05) is 17.9 Å². The first-order chi connectivity index (χ1) is 12.2. The molecule has 140 valence electrons. The Kier molecular flexibility index (Phi) is 6.34. The highest BCUT2D eigenvalue weighted by Gasteiger charge is 2.27. The Morgan fingerprint density at radius 3 is 2.84 bits per heavy atom. The summed E-state index contributed by atoms with van der Waals surface area (Å²) in [5.74, 6) is 2.27. The van der Waals surface area contributed by atoms with E-state index in [-0.39, 0.29) is 0 Å². The summed E-state index contributed by atoms with van der Waals surface area (Å²) in [5.41, 5.74) is 1.35. The lowest BCUT2D eigenvalue weighted by atomic mass is 10.0. The Labute approximate surface area is 152 Å². The van der Waals surface area contributed by atoms with E-state index in [1.165, 1.54) is 44.5 Å². The van der Waals surface area contributed by atoms with Crippen LogP contribution in [-0.4, -0.2) is 71.4 Å². The molecule has 2 unspecified atom stereocenters. The number of hydrogen-bond donors (Lipinski definition) is 1. The van der Waals surface area contributed by atoms with Crippen LogP contribution in [0.25, 0.3) is 0 Å². The van der Waals surface area contributed by atoms with Crippen molar-refractivity contribution >= 4 is 5.96 Å². The number of rotatable bonds is 6. The summed E-state index contributed by atoms with van der Waals surface area (Å²) in [6, 6.07) is 0. The number of aryl methyl sites for hydroxylation is 1. The van der Waals surface area contributed by atoms with Crippen LogP contribution in [0.2, 0.25) is 0 Å².